The average Bonchev–Trinajstić information content (AvgIpc) is 3.13. The summed E-state index contributed by atoms with van der Waals surface area (Å²) in [7, 11) is 1.62. The van der Waals surface area contributed by atoms with Gasteiger partial charge in [0.2, 0.25) is 11.8 Å². The van der Waals surface area contributed by atoms with Crippen molar-refractivity contribution < 1.29 is 46.6 Å². The molecule has 1 fully saturated rings. The molecule has 0 unspecified atom stereocenters. The molecule has 5 N–H and O–H groups in total. The fraction of sp³-hybridized carbons (Fsp3) is 0.405. The number of nitrogens with zero attached hydrogens (tertiary/aromatic N) is 2. The van der Waals surface area contributed by atoms with Crippen molar-refractivity contribution in [2.75, 3.05) is 44.7 Å². The fourth-order valence-electron chi connectivity index (χ4n) is 6.48. The maximum absolute atomic E-state index is 14.3. The Balaban J connectivity index is 0.000000845. The number of aliphatic carboxylic acids is 1. The predicted octanol–water partition coefficient (Wildman–Crippen LogP) is 6.31. The van der Waals surface area contributed by atoms with Gasteiger partial charge in [-0.05, 0) is 67.8 Å². The number of alkyl halides is 3. The molecular formula is C37H41Cl2F4N5O6. The van der Waals surface area contributed by atoms with E-state index in [0.717, 1.165) is 0 Å². The first-order chi connectivity index (χ1) is 25.4. The molecule has 11 nitrogen and oxygen atoms in total. The van der Waals surface area contributed by atoms with E-state index < -0.39 is 35.3 Å². The highest BCUT2D eigenvalue weighted by atomic mass is 35.5. The van der Waals surface area contributed by atoms with Crippen LogP contribution in [0.3, 0.4) is 0 Å². The van der Waals surface area contributed by atoms with Gasteiger partial charge in [0, 0.05) is 51.6 Å². The maximum atomic E-state index is 14.3. The number of benzene rings is 3. The number of amides is 3. The van der Waals surface area contributed by atoms with Crippen LogP contribution in [0.1, 0.15) is 55.3 Å². The Morgan fingerprint density at radius 1 is 1.02 bits per heavy atom. The van der Waals surface area contributed by atoms with Crippen molar-refractivity contribution in [1.82, 2.24) is 15.5 Å². The van der Waals surface area contributed by atoms with E-state index in [4.69, 9.17) is 43.6 Å². The van der Waals surface area contributed by atoms with Gasteiger partial charge in [-0.2, -0.15) is 13.2 Å². The summed E-state index contributed by atoms with van der Waals surface area (Å²) in [6, 6.07) is 17.7. The minimum Gasteiger partial charge on any atom is -0.475 e. The number of hydrogen-bond acceptors (Lipinski definition) is 7. The first kappa shape index (κ1) is 42.3. The molecule has 292 valence electrons. The van der Waals surface area contributed by atoms with E-state index in [1.807, 2.05) is 25.1 Å². The minimum atomic E-state index is -5.08. The minimum absolute atomic E-state index is 0.267. The van der Waals surface area contributed by atoms with Crippen molar-refractivity contribution >= 4 is 52.8 Å². The first-order valence-corrected chi connectivity index (χ1v) is 17.8. The van der Waals surface area contributed by atoms with Gasteiger partial charge in [0.15, 0.2) is 0 Å². The second-order valence-electron chi connectivity index (χ2n) is 13.2. The summed E-state index contributed by atoms with van der Waals surface area (Å²) >= 11 is 12.6. The van der Waals surface area contributed by atoms with E-state index in [-0.39, 0.29) is 30.7 Å². The molecule has 3 aromatic rings. The summed E-state index contributed by atoms with van der Waals surface area (Å²) < 4.78 is 52.0. The third-order valence-electron chi connectivity index (χ3n) is 9.60. The topological polar surface area (TPSA) is 154 Å². The number of nitrogens with two attached hydrogens (primary N) is 1. The SMILES string of the molecule is CN1C(=O)OC2(CCN(CCC[C@@](C)(C(=O)N[C@H](C(=O)NCCN)c3ccccc3)c3ccc(Cl)c(Cl)c3)CC2)c2cc(F)ccc21.O=C(O)C(F)(F)F. The van der Waals surface area contributed by atoms with Crippen LogP contribution in [0.25, 0.3) is 0 Å². The third kappa shape index (κ3) is 10.00. The second-order valence-corrected chi connectivity index (χ2v) is 14.0. The van der Waals surface area contributed by atoms with E-state index in [1.54, 1.807) is 43.4 Å². The number of hydrogen-bond donors (Lipinski definition) is 4. The molecule has 1 saturated heterocycles. The van der Waals surface area contributed by atoms with Crippen LogP contribution in [0.2, 0.25) is 10.0 Å². The van der Waals surface area contributed by atoms with Crippen molar-refractivity contribution in [3.05, 3.63) is 99.3 Å². The molecule has 0 radical (unpaired) electrons. The predicted molar refractivity (Wildman–Crippen MR) is 195 cm³/mol. The van der Waals surface area contributed by atoms with Gasteiger partial charge in [-0.3, -0.25) is 14.5 Å². The number of anilines is 1. The average molecular weight is 799 g/mol. The zero-order valence-corrected chi connectivity index (χ0v) is 31.0. The number of carboxylic acids is 1. The normalized spacial score (nSPS) is 16.9. The monoisotopic (exact) mass is 797 g/mol. The van der Waals surface area contributed by atoms with Crippen LogP contribution in [-0.2, 0) is 30.1 Å². The van der Waals surface area contributed by atoms with Gasteiger partial charge in [-0.25, -0.2) is 14.0 Å². The molecule has 0 aliphatic carbocycles. The van der Waals surface area contributed by atoms with Crippen LogP contribution < -0.4 is 21.3 Å². The Morgan fingerprint density at radius 3 is 2.26 bits per heavy atom. The molecular weight excluding hydrogens is 757 g/mol. The van der Waals surface area contributed by atoms with E-state index in [2.05, 4.69) is 15.5 Å². The molecule has 0 bridgehead atoms. The molecule has 17 heteroatoms. The number of halogens is 6. The number of likely N-dealkylation sites (tertiary alicyclic amines) is 1. The summed E-state index contributed by atoms with van der Waals surface area (Å²) in [5.41, 5.74) is 6.33. The molecule has 54 heavy (non-hydrogen) atoms. The first-order valence-electron chi connectivity index (χ1n) is 17.0. The molecule has 5 rings (SSSR count). The lowest BCUT2D eigenvalue weighted by Crippen LogP contribution is -2.51. The van der Waals surface area contributed by atoms with Crippen molar-refractivity contribution in [2.45, 2.75) is 55.8 Å². The van der Waals surface area contributed by atoms with Crippen molar-refractivity contribution in [3.63, 3.8) is 0 Å². The molecule has 2 aliphatic heterocycles. The summed E-state index contributed by atoms with van der Waals surface area (Å²) in [6.07, 6.45) is -3.42. The Labute approximate surface area is 319 Å². The lowest BCUT2D eigenvalue weighted by molar-refractivity contribution is -0.192. The van der Waals surface area contributed by atoms with Crippen molar-refractivity contribution in [3.8, 4) is 0 Å². The molecule has 0 saturated carbocycles. The van der Waals surface area contributed by atoms with Crippen LogP contribution in [0.5, 0.6) is 0 Å². The lowest BCUT2D eigenvalue weighted by Gasteiger charge is -2.46. The van der Waals surface area contributed by atoms with Gasteiger partial charge in [-0.1, -0.05) is 59.6 Å². The van der Waals surface area contributed by atoms with Gasteiger partial charge in [0.25, 0.3) is 0 Å². The standard InChI is InChI=1S/C35H40Cl2FN5O4.C2HF3O2/c1-34(24-9-11-27(36)28(37)21-24,32(45)41-30(31(44)40-17-16-39)23-7-4-3-5-8-23)13-6-18-43-19-14-35(15-20-43)26-22-25(38)10-12-29(26)42(2)33(46)47-35;3-2(4,5)1(6)7/h3-5,7-12,21-22,30H,6,13-20,39H2,1-2H3,(H,40,44)(H,41,45);(H,6,7)/t30-,34+;/m0./s1. The van der Waals surface area contributed by atoms with E-state index in [1.165, 1.54) is 17.0 Å². The number of ether oxygens (including phenoxy) is 1. The zero-order valence-electron chi connectivity index (χ0n) is 29.5. The highest BCUT2D eigenvalue weighted by Crippen LogP contribution is 2.45. The number of piperidine rings is 1. The summed E-state index contributed by atoms with van der Waals surface area (Å²) in [6.45, 7) is 4.30. The molecule has 2 heterocycles. The van der Waals surface area contributed by atoms with Crippen LogP contribution in [-0.4, -0.2) is 79.8 Å². The highest BCUT2D eigenvalue weighted by molar-refractivity contribution is 6.42. The maximum Gasteiger partial charge on any atom is 0.490 e. The van der Waals surface area contributed by atoms with Crippen LogP contribution in [0.15, 0.2) is 66.7 Å². The van der Waals surface area contributed by atoms with E-state index >= 15 is 0 Å². The zero-order chi connectivity index (χ0) is 39.8. The highest BCUT2D eigenvalue weighted by Gasteiger charge is 2.46. The van der Waals surface area contributed by atoms with Gasteiger partial charge < -0.3 is 31.1 Å². The molecule has 3 amide bonds. The second kappa shape index (κ2) is 17.8. The quantitative estimate of drug-likeness (QED) is 0.165. The molecule has 2 aliphatic rings. The summed E-state index contributed by atoms with van der Waals surface area (Å²) in [5.74, 6) is -3.82. The molecule has 3 aromatic carbocycles. The van der Waals surface area contributed by atoms with Crippen molar-refractivity contribution in [2.24, 2.45) is 5.73 Å². The van der Waals surface area contributed by atoms with E-state index in [0.29, 0.717) is 77.7 Å². The Hall–Kier alpha value is -4.44. The van der Waals surface area contributed by atoms with Crippen LogP contribution >= 0.6 is 23.2 Å². The van der Waals surface area contributed by atoms with Gasteiger partial charge >= 0.3 is 18.2 Å². The number of carboxylic acid groups (broad SMARTS) is 1. The Bertz CT molecular complexity index is 1830. The van der Waals surface area contributed by atoms with Gasteiger partial charge in [-0.15, -0.1) is 0 Å². The van der Waals surface area contributed by atoms with Crippen LogP contribution in [0.4, 0.5) is 28.0 Å². The number of carbonyl (C=O) groups excluding carboxylic acids is 3. The number of nitrogens with one attached hydrogen (secondary N) is 2. The smallest absolute Gasteiger partial charge is 0.475 e. The third-order valence-corrected chi connectivity index (χ3v) is 10.3. The van der Waals surface area contributed by atoms with Gasteiger partial charge in [0.05, 0.1) is 21.1 Å². The Kier molecular flexibility index (Phi) is 13.9. The molecule has 1 spiro atoms. The molecule has 0 aromatic heterocycles. The Morgan fingerprint density at radius 2 is 1.67 bits per heavy atom. The van der Waals surface area contributed by atoms with Gasteiger partial charge in [0.1, 0.15) is 17.5 Å². The molecule has 2 atom stereocenters. The summed E-state index contributed by atoms with van der Waals surface area (Å²) in [4.78, 5) is 52.7. The number of fused-ring (bicyclic) bond motifs is 2. The van der Waals surface area contributed by atoms with E-state index in [9.17, 15) is 31.9 Å². The summed E-state index contributed by atoms with van der Waals surface area (Å²) in [5, 5.41) is 13.6. The van der Waals surface area contributed by atoms with Crippen molar-refractivity contribution in [1.29, 1.82) is 0 Å². The van der Waals surface area contributed by atoms with Crippen LogP contribution in [0, 0.1) is 5.82 Å². The fourth-order valence-corrected chi connectivity index (χ4v) is 6.78. The number of rotatable bonds is 11. The largest absolute Gasteiger partial charge is 0.490 e. The lowest BCUT2D eigenvalue weighted by atomic mass is 9.77. The number of carbonyl (C=O) groups is 4.